The zero-order valence-electron chi connectivity index (χ0n) is 23.3. The summed E-state index contributed by atoms with van der Waals surface area (Å²) in [5.74, 6) is 0. The van der Waals surface area contributed by atoms with Crippen LogP contribution in [0, 0.1) is 0 Å². The van der Waals surface area contributed by atoms with Gasteiger partial charge in [0.1, 0.15) is 0 Å². The molecule has 0 amide bonds. The molecule has 2 rings (SSSR count). The third kappa shape index (κ3) is 14.0. The molecule has 37 heavy (non-hydrogen) atoms. The molecule has 210 valence electrons. The molecule has 2 heterocycles. The minimum Gasteiger partial charge on any atom is -0.414 e. The molecule has 0 unspecified atom stereocenters. The summed E-state index contributed by atoms with van der Waals surface area (Å²) in [6.07, 6.45) is 0. The van der Waals surface area contributed by atoms with Gasteiger partial charge >= 0.3 is 108 Å². The minimum atomic E-state index is -2.99. The van der Waals surface area contributed by atoms with E-state index >= 15 is 0 Å². The van der Waals surface area contributed by atoms with Crippen molar-refractivity contribution < 1.29 is 49.4 Å². The molecule has 0 saturated carbocycles. The molecule has 2 aliphatic heterocycles. The Labute approximate surface area is 245 Å². The largest absolute Gasteiger partial charge is 0.414 e. The zero-order valence-corrected chi connectivity index (χ0v) is 36.1. The minimum absolute atomic E-state index is 1.47. The van der Waals surface area contributed by atoms with Crippen molar-refractivity contribution in [2.45, 2.75) is 78.6 Å². The van der Waals surface area contributed by atoms with Gasteiger partial charge in [-0.15, -0.1) is 0 Å². The van der Waals surface area contributed by atoms with Crippen LogP contribution in [-0.4, -0.2) is 108 Å². The second-order valence-corrected chi connectivity index (χ2v) is 38.1. The van der Waals surface area contributed by atoms with Crippen molar-refractivity contribution in [1.82, 2.24) is 0 Å². The second kappa shape index (κ2) is 16.4. The van der Waals surface area contributed by atoms with Crippen molar-refractivity contribution >= 4 is 119 Å². The van der Waals surface area contributed by atoms with Crippen LogP contribution in [-0.2, 0) is 49.4 Å². The van der Waals surface area contributed by atoms with Crippen LogP contribution >= 0.6 is 10.7 Å². The molecule has 25 heteroatoms. The summed E-state index contributed by atoms with van der Waals surface area (Å²) in [5.41, 5.74) is 0. The average molecular weight is 742 g/mol. The Balaban J connectivity index is 2.29. The van der Waals surface area contributed by atoms with Crippen LogP contribution in [0.4, 0.5) is 0 Å². The van der Waals surface area contributed by atoms with Crippen LogP contribution in [0.5, 0.6) is 0 Å². The highest BCUT2D eigenvalue weighted by molar-refractivity contribution is 8.48. The smallest absolute Gasteiger partial charge is 0.383 e. The lowest BCUT2D eigenvalue weighted by Crippen LogP contribution is -2.56. The first-order valence-corrected chi connectivity index (χ1v) is 36.4. The van der Waals surface area contributed by atoms with E-state index in [0.717, 1.165) is 0 Å². The molecule has 0 atom stereocenters. The summed E-state index contributed by atoms with van der Waals surface area (Å²) in [7, 11) is -20.3. The molecule has 0 N–H and O–H groups in total. The predicted octanol–water partition coefficient (Wildman–Crippen LogP) is 2.26. The fourth-order valence-corrected chi connectivity index (χ4v) is 50.8. The fourth-order valence-electron chi connectivity index (χ4n) is 3.33. The summed E-state index contributed by atoms with van der Waals surface area (Å²) in [6.45, 7) is 23.6. The highest BCUT2D eigenvalue weighted by atomic mass is 32.5. The maximum Gasteiger partial charge on any atom is 0.383 e. The molecule has 0 aromatic carbocycles. The number of hydrogen-bond acceptors (Lipinski definition) is 13. The van der Waals surface area contributed by atoms with E-state index in [4.69, 9.17) is 49.4 Å². The SMILES string of the molecule is C[Si]1O[Si](C)O[Si](C)O[Si](C)(S[Si]2(C)O[Si](C)O[Si](C)O[Si](C)O[Si](C)O[Si](C)O2)O[Si](C)O[Si](C)O1. The summed E-state index contributed by atoms with van der Waals surface area (Å²) < 4.78 is 75.2. The highest BCUT2D eigenvalue weighted by Gasteiger charge is 2.52. The third-order valence-electron chi connectivity index (χ3n) is 3.99. The third-order valence-corrected chi connectivity index (χ3v) is 45.6. The van der Waals surface area contributed by atoms with Crippen molar-refractivity contribution in [3.8, 4) is 0 Å². The van der Waals surface area contributed by atoms with Crippen molar-refractivity contribution in [2.24, 2.45) is 0 Å². The molecule has 2 fully saturated rings. The van der Waals surface area contributed by atoms with Gasteiger partial charge in [0.2, 0.25) is 0 Å². The number of rotatable bonds is 2. The van der Waals surface area contributed by atoms with E-state index in [-0.39, 0.29) is 0 Å². The molecule has 0 aliphatic carbocycles. The van der Waals surface area contributed by atoms with E-state index in [1.54, 1.807) is 0 Å². The van der Waals surface area contributed by atoms with E-state index < -0.39 is 108 Å². The van der Waals surface area contributed by atoms with Gasteiger partial charge in [0.15, 0.2) is 0 Å². The molecule has 2 aliphatic rings. The maximum absolute atomic E-state index is 6.60. The lowest BCUT2D eigenvalue weighted by Gasteiger charge is -2.39. The van der Waals surface area contributed by atoms with Gasteiger partial charge in [-0.1, -0.05) is 10.7 Å². The molecule has 0 aromatic rings. The van der Waals surface area contributed by atoms with Gasteiger partial charge < -0.3 is 49.4 Å². The second-order valence-electron chi connectivity index (χ2n) is 7.97. The van der Waals surface area contributed by atoms with Gasteiger partial charge in [-0.05, 0) is 78.6 Å². The van der Waals surface area contributed by atoms with Gasteiger partial charge in [-0.2, -0.15) is 0 Å². The Morgan fingerprint density at radius 2 is 0.486 bits per heavy atom. The van der Waals surface area contributed by atoms with Gasteiger partial charge in [0.05, 0.1) is 0 Å². The van der Waals surface area contributed by atoms with Crippen LogP contribution < -0.4 is 0 Å². The first kappa shape index (κ1) is 35.7. The summed E-state index contributed by atoms with van der Waals surface area (Å²) in [4.78, 5) is 0. The van der Waals surface area contributed by atoms with Crippen molar-refractivity contribution in [2.75, 3.05) is 0 Å². The first-order chi connectivity index (χ1) is 17.1. The molecule has 0 aromatic heterocycles. The van der Waals surface area contributed by atoms with E-state index in [9.17, 15) is 0 Å². The van der Waals surface area contributed by atoms with Crippen molar-refractivity contribution in [3.05, 3.63) is 0 Å². The Hall–Kier alpha value is 2.47. The molecule has 0 spiro atoms. The van der Waals surface area contributed by atoms with Crippen molar-refractivity contribution in [3.63, 3.8) is 0 Å². The van der Waals surface area contributed by atoms with Crippen molar-refractivity contribution in [1.29, 1.82) is 0 Å². The summed E-state index contributed by atoms with van der Waals surface area (Å²) >= 11 is 0. The van der Waals surface area contributed by atoms with E-state index in [2.05, 4.69) is 0 Å². The predicted molar refractivity (Wildman–Crippen MR) is 160 cm³/mol. The van der Waals surface area contributed by atoms with Gasteiger partial charge in [-0.25, -0.2) is 0 Å². The van der Waals surface area contributed by atoms with E-state index in [0.29, 0.717) is 0 Å². The Kier molecular flexibility index (Phi) is 15.8. The van der Waals surface area contributed by atoms with Crippen LogP contribution in [0.1, 0.15) is 0 Å². The van der Waals surface area contributed by atoms with Gasteiger partial charge in [0.25, 0.3) is 0 Å². The molecule has 0 bridgehead atoms. The monoisotopic (exact) mass is 740 g/mol. The normalized spacial score (nSPS) is 28.9. The highest BCUT2D eigenvalue weighted by Crippen LogP contribution is 2.37. The van der Waals surface area contributed by atoms with E-state index in [1.807, 2.05) is 78.6 Å². The van der Waals surface area contributed by atoms with Gasteiger partial charge in [0, 0.05) is 0 Å². The lowest BCUT2D eigenvalue weighted by molar-refractivity contribution is 0.292. The Bertz CT molecular complexity index is 598. The average Bonchev–Trinajstić information content (AvgIpc) is 2.62. The summed E-state index contributed by atoms with van der Waals surface area (Å²) in [6, 6.07) is 0. The quantitative estimate of drug-likeness (QED) is 0.387. The topological polar surface area (TPSA) is 111 Å². The molecular formula is C12H36O12SSi12. The molecular weight excluding hydrogens is 705 g/mol. The molecule has 10 radical (unpaired) electrons. The van der Waals surface area contributed by atoms with Crippen LogP contribution in [0.2, 0.25) is 78.6 Å². The lowest BCUT2D eigenvalue weighted by atomic mass is 11.9. The number of hydrogen-bond donors (Lipinski definition) is 0. The van der Waals surface area contributed by atoms with Crippen LogP contribution in [0.3, 0.4) is 0 Å². The van der Waals surface area contributed by atoms with Crippen LogP contribution in [0.15, 0.2) is 0 Å². The Morgan fingerprint density at radius 1 is 0.324 bits per heavy atom. The molecule has 2 saturated heterocycles. The summed E-state index contributed by atoms with van der Waals surface area (Å²) in [5, 5.41) is 0. The fraction of sp³-hybridized carbons (Fsp3) is 1.00. The molecule has 12 nitrogen and oxygen atoms in total. The Morgan fingerprint density at radius 3 is 0.676 bits per heavy atom. The van der Waals surface area contributed by atoms with Crippen LogP contribution in [0.25, 0.3) is 0 Å². The first-order valence-electron chi connectivity index (χ1n) is 11.3. The van der Waals surface area contributed by atoms with E-state index in [1.165, 1.54) is 10.7 Å². The maximum atomic E-state index is 6.60. The van der Waals surface area contributed by atoms with Gasteiger partial charge in [-0.3, -0.25) is 0 Å². The zero-order chi connectivity index (χ0) is 28.0. The standard InChI is InChI=1S/C12H36O12SSi12/c1-26-13-28(3)17-32(7)21-36(11,22-33(8)18-29(4)14-26)25-37(12)23-34(9)19-30(5)15-27(2)16-31(6)20-35(10)24-37/h1-12H3.